The van der Waals surface area contributed by atoms with Crippen molar-refractivity contribution in [3.05, 3.63) is 32.8 Å². The lowest BCUT2D eigenvalue weighted by atomic mass is 10.6. The Balaban J connectivity index is 3.23. The molecule has 0 spiro atoms. The summed E-state index contributed by atoms with van der Waals surface area (Å²) in [7, 11) is 0. The molecular weight excluding hydrogens is 160 g/mol. The van der Waals surface area contributed by atoms with E-state index in [4.69, 9.17) is 11.5 Å². The molecule has 2 rings (SSSR count). The van der Waals surface area contributed by atoms with Gasteiger partial charge in [-0.05, 0) is 0 Å². The zero-order chi connectivity index (χ0) is 8.88. The lowest BCUT2D eigenvalue weighted by Gasteiger charge is -1.88. The zero-order valence-corrected chi connectivity index (χ0v) is 6.02. The largest absolute Gasteiger partial charge is 0.383 e. The molecule has 0 amide bonds. The highest BCUT2D eigenvalue weighted by atomic mass is 16.2. The molecule has 12 heavy (non-hydrogen) atoms. The van der Waals surface area contributed by atoms with Gasteiger partial charge in [0.05, 0.1) is 0 Å². The van der Waals surface area contributed by atoms with E-state index < -0.39 is 11.1 Å². The van der Waals surface area contributed by atoms with Crippen molar-refractivity contribution < 1.29 is 0 Å². The Kier molecular flexibility index (Phi) is 0.999. The van der Waals surface area contributed by atoms with Crippen molar-refractivity contribution >= 4 is 11.6 Å². The smallest absolute Gasteiger partial charge is 0.275 e. The number of nitrogens with two attached hydrogens (primary N) is 2. The third-order valence-electron chi connectivity index (χ3n) is 1.65. The van der Waals surface area contributed by atoms with Gasteiger partial charge in [-0.25, -0.2) is 0 Å². The average molecular weight is 166 g/mol. The first kappa shape index (κ1) is 6.71. The standard InChI is InChI=1S/C6H6N4O2/c7-3-1-5(11)10-4(8)2-6(12)9(3)10/h1-2H,7-8H2. The first-order valence-electron chi connectivity index (χ1n) is 3.23. The van der Waals surface area contributed by atoms with Gasteiger partial charge in [0, 0.05) is 12.1 Å². The van der Waals surface area contributed by atoms with Crippen LogP contribution in [0.5, 0.6) is 0 Å². The first-order chi connectivity index (χ1) is 5.61. The minimum absolute atomic E-state index is 0.0988. The average Bonchev–Trinajstić information content (AvgIpc) is 2.38. The van der Waals surface area contributed by atoms with E-state index in [0.29, 0.717) is 0 Å². The Bertz CT molecular complexity index is 488. The van der Waals surface area contributed by atoms with Gasteiger partial charge in [-0.2, -0.15) is 9.03 Å². The van der Waals surface area contributed by atoms with E-state index in [1.165, 1.54) is 0 Å². The molecule has 2 aromatic heterocycles. The SMILES string of the molecule is Nc1cc(=O)n2c(N)cc(=O)n12. The molecule has 0 atom stereocenters. The number of nitrogens with zero attached hydrogens (tertiary/aromatic N) is 2. The van der Waals surface area contributed by atoms with Gasteiger partial charge in [0.15, 0.2) is 0 Å². The van der Waals surface area contributed by atoms with Crippen LogP contribution in [0.25, 0.3) is 0 Å². The maximum atomic E-state index is 11.1. The molecule has 0 aliphatic rings. The number of nitrogen functional groups attached to an aromatic ring is 2. The predicted octanol–water partition coefficient (Wildman–Crippen LogP) is -1.64. The van der Waals surface area contributed by atoms with Crippen LogP contribution in [0, 0.1) is 0 Å². The van der Waals surface area contributed by atoms with Crippen LogP contribution in [0.2, 0.25) is 0 Å². The highest BCUT2D eigenvalue weighted by Crippen LogP contribution is 1.99. The van der Waals surface area contributed by atoms with Gasteiger partial charge < -0.3 is 11.5 Å². The number of aromatic nitrogens is 2. The lowest BCUT2D eigenvalue weighted by molar-refractivity contribution is 0.823. The molecule has 6 heteroatoms. The minimum Gasteiger partial charge on any atom is -0.383 e. The monoisotopic (exact) mass is 166 g/mol. The van der Waals surface area contributed by atoms with Crippen LogP contribution in [-0.4, -0.2) is 9.03 Å². The van der Waals surface area contributed by atoms with Gasteiger partial charge in [0.25, 0.3) is 11.1 Å². The minimum atomic E-state index is -0.396. The highest BCUT2D eigenvalue weighted by molar-refractivity contribution is 5.36. The third kappa shape index (κ3) is 0.584. The summed E-state index contributed by atoms with van der Waals surface area (Å²) in [6, 6.07) is 2.30. The van der Waals surface area contributed by atoms with E-state index in [1.54, 1.807) is 0 Å². The van der Waals surface area contributed by atoms with Crippen molar-refractivity contribution in [3.63, 3.8) is 0 Å². The molecule has 0 fully saturated rings. The second-order valence-electron chi connectivity index (χ2n) is 2.44. The van der Waals surface area contributed by atoms with Crippen molar-refractivity contribution in [3.8, 4) is 0 Å². The molecule has 6 nitrogen and oxygen atoms in total. The summed E-state index contributed by atoms with van der Waals surface area (Å²) in [4.78, 5) is 22.2. The van der Waals surface area contributed by atoms with Crippen LogP contribution in [-0.2, 0) is 0 Å². The summed E-state index contributed by atoms with van der Waals surface area (Å²) < 4.78 is 2.05. The van der Waals surface area contributed by atoms with Crippen molar-refractivity contribution in [2.45, 2.75) is 0 Å². The van der Waals surface area contributed by atoms with Crippen LogP contribution >= 0.6 is 0 Å². The van der Waals surface area contributed by atoms with E-state index in [9.17, 15) is 9.59 Å². The second kappa shape index (κ2) is 1.79. The zero-order valence-electron chi connectivity index (χ0n) is 6.02. The van der Waals surface area contributed by atoms with E-state index in [2.05, 4.69) is 0 Å². The van der Waals surface area contributed by atoms with Gasteiger partial charge in [-0.15, -0.1) is 0 Å². The molecule has 0 unspecified atom stereocenters. The van der Waals surface area contributed by atoms with Crippen molar-refractivity contribution in [2.24, 2.45) is 0 Å². The van der Waals surface area contributed by atoms with Gasteiger partial charge in [0.1, 0.15) is 11.6 Å². The maximum Gasteiger partial charge on any atom is 0.275 e. The Morgan fingerprint density at radius 2 is 1.25 bits per heavy atom. The van der Waals surface area contributed by atoms with Gasteiger partial charge in [-0.1, -0.05) is 0 Å². The molecule has 0 radical (unpaired) electrons. The second-order valence-corrected chi connectivity index (χ2v) is 2.44. The number of hydrogen-bond acceptors (Lipinski definition) is 4. The van der Waals surface area contributed by atoms with E-state index in [0.717, 1.165) is 21.2 Å². The summed E-state index contributed by atoms with van der Waals surface area (Å²) in [5.41, 5.74) is 9.96. The first-order valence-corrected chi connectivity index (χ1v) is 3.23. The van der Waals surface area contributed by atoms with Crippen LogP contribution in [0.3, 0.4) is 0 Å². The molecule has 0 saturated carbocycles. The van der Waals surface area contributed by atoms with Crippen LogP contribution in [0.15, 0.2) is 21.7 Å². The Hall–Kier alpha value is -1.98. The molecule has 0 aromatic carbocycles. The Morgan fingerprint density at radius 1 is 0.917 bits per heavy atom. The van der Waals surface area contributed by atoms with E-state index in [-0.39, 0.29) is 11.6 Å². The van der Waals surface area contributed by atoms with Crippen molar-refractivity contribution in [1.82, 2.24) is 9.03 Å². The summed E-state index contributed by atoms with van der Waals surface area (Å²) in [6.07, 6.45) is 0. The fourth-order valence-electron chi connectivity index (χ4n) is 1.18. The summed E-state index contributed by atoms with van der Waals surface area (Å²) >= 11 is 0. The Morgan fingerprint density at radius 3 is 1.58 bits per heavy atom. The van der Waals surface area contributed by atoms with Crippen LogP contribution in [0.1, 0.15) is 0 Å². The molecule has 0 aliphatic heterocycles. The van der Waals surface area contributed by atoms with E-state index in [1.807, 2.05) is 0 Å². The molecule has 4 N–H and O–H groups in total. The number of rotatable bonds is 0. The summed E-state index contributed by atoms with van der Waals surface area (Å²) in [5.74, 6) is 0.198. The highest BCUT2D eigenvalue weighted by Gasteiger charge is 2.09. The molecule has 0 saturated heterocycles. The van der Waals surface area contributed by atoms with Crippen molar-refractivity contribution in [1.29, 1.82) is 0 Å². The summed E-state index contributed by atoms with van der Waals surface area (Å²) in [6.45, 7) is 0. The van der Waals surface area contributed by atoms with Crippen LogP contribution < -0.4 is 22.6 Å². The molecule has 62 valence electrons. The molecule has 2 aromatic rings. The van der Waals surface area contributed by atoms with Gasteiger partial charge >= 0.3 is 0 Å². The molecule has 0 bridgehead atoms. The topological polar surface area (TPSA) is 95.0 Å². The quantitative estimate of drug-likeness (QED) is 0.490. The van der Waals surface area contributed by atoms with Gasteiger partial charge in [0.2, 0.25) is 0 Å². The lowest BCUT2D eigenvalue weighted by Crippen LogP contribution is -2.15. The van der Waals surface area contributed by atoms with Gasteiger partial charge in [-0.3, -0.25) is 9.59 Å². The fraction of sp³-hybridized carbons (Fsp3) is 0. The summed E-state index contributed by atoms with van der Waals surface area (Å²) in [5, 5.41) is 0. The molecular formula is C6H6N4O2. The number of anilines is 2. The van der Waals surface area contributed by atoms with E-state index >= 15 is 0 Å². The Labute approximate surface area is 66.0 Å². The normalized spacial score (nSPS) is 11.0. The molecule has 2 heterocycles. The fourth-order valence-corrected chi connectivity index (χ4v) is 1.18. The maximum absolute atomic E-state index is 11.1. The van der Waals surface area contributed by atoms with Crippen molar-refractivity contribution in [2.75, 3.05) is 11.5 Å². The molecule has 0 aliphatic carbocycles. The number of fused-ring (bicyclic) bond motifs is 1. The van der Waals surface area contributed by atoms with Crippen LogP contribution in [0.4, 0.5) is 11.6 Å². The third-order valence-corrected chi connectivity index (χ3v) is 1.65. The predicted molar refractivity (Wildman–Crippen MR) is 43.4 cm³/mol. The number of hydrogen-bond donors (Lipinski definition) is 2.